The zero-order valence-corrected chi connectivity index (χ0v) is 10.2. The Morgan fingerprint density at radius 2 is 2.00 bits per heavy atom. The van der Waals surface area contributed by atoms with Crippen molar-refractivity contribution in [1.29, 1.82) is 0 Å². The number of rotatable bonds is 1. The van der Waals surface area contributed by atoms with Crippen LogP contribution in [0, 0.1) is 0 Å². The Labute approximate surface area is 97.4 Å². The third-order valence-electron chi connectivity index (χ3n) is 2.44. The third kappa shape index (κ3) is 2.20. The Balaban J connectivity index is 2.22. The molecule has 0 unspecified atom stereocenters. The number of aromatic nitrogens is 1. The molecule has 0 radical (unpaired) electrons. The molecule has 0 spiro atoms. The topological polar surface area (TPSA) is 16.1 Å². The molecular weight excluding hydrogens is 263 g/mol. The monoisotopic (exact) mass is 274 g/mol. The molecule has 2 rings (SSSR count). The average molecular weight is 276 g/mol. The molecule has 4 heteroatoms. The van der Waals surface area contributed by atoms with E-state index in [1.807, 2.05) is 6.07 Å². The molecule has 1 aliphatic heterocycles. The van der Waals surface area contributed by atoms with E-state index in [1.165, 1.54) is 19.3 Å². The van der Waals surface area contributed by atoms with Gasteiger partial charge in [0.05, 0.1) is 9.50 Å². The van der Waals surface area contributed by atoms with Crippen LogP contribution in [0.5, 0.6) is 0 Å². The lowest BCUT2D eigenvalue weighted by atomic mass is 10.1. The molecule has 0 amide bonds. The summed E-state index contributed by atoms with van der Waals surface area (Å²) in [6.07, 6.45) is 5.56. The van der Waals surface area contributed by atoms with Crippen LogP contribution in [0.4, 0.5) is 5.82 Å². The Bertz CT molecular complexity index is 324. The van der Waals surface area contributed by atoms with E-state index in [9.17, 15) is 0 Å². The molecule has 1 aromatic heterocycles. The van der Waals surface area contributed by atoms with Gasteiger partial charge in [0.15, 0.2) is 0 Å². The molecule has 0 saturated carbocycles. The summed E-state index contributed by atoms with van der Waals surface area (Å²) in [4.78, 5) is 6.66. The van der Waals surface area contributed by atoms with Crippen LogP contribution < -0.4 is 4.90 Å². The fourth-order valence-electron chi connectivity index (χ4n) is 1.75. The van der Waals surface area contributed by atoms with Gasteiger partial charge in [0.2, 0.25) is 0 Å². The molecule has 0 atom stereocenters. The van der Waals surface area contributed by atoms with Gasteiger partial charge >= 0.3 is 0 Å². The minimum atomic E-state index is 0.678. The summed E-state index contributed by atoms with van der Waals surface area (Å²) >= 11 is 9.34. The molecule has 76 valence electrons. The summed E-state index contributed by atoms with van der Waals surface area (Å²) in [6, 6.07) is 1.90. The summed E-state index contributed by atoms with van der Waals surface area (Å²) in [5, 5.41) is 0.678. The Morgan fingerprint density at radius 3 is 2.64 bits per heavy atom. The maximum atomic E-state index is 5.84. The normalized spacial score (nSPS) is 17.1. The average Bonchev–Trinajstić information content (AvgIpc) is 2.19. The SMILES string of the molecule is Clc1cnc(N2CCCCC2)c(Br)c1. The zero-order chi connectivity index (χ0) is 9.97. The molecule has 0 aliphatic carbocycles. The summed E-state index contributed by atoms with van der Waals surface area (Å²) in [5.74, 6) is 1.02. The van der Waals surface area contributed by atoms with Crippen LogP contribution in [-0.4, -0.2) is 18.1 Å². The third-order valence-corrected chi connectivity index (χ3v) is 3.23. The van der Waals surface area contributed by atoms with Crippen molar-refractivity contribution in [2.75, 3.05) is 18.0 Å². The molecule has 1 fully saturated rings. The van der Waals surface area contributed by atoms with Gasteiger partial charge in [-0.05, 0) is 41.3 Å². The first kappa shape index (κ1) is 10.2. The van der Waals surface area contributed by atoms with E-state index in [-0.39, 0.29) is 0 Å². The maximum absolute atomic E-state index is 5.84. The van der Waals surface area contributed by atoms with Crippen molar-refractivity contribution in [3.05, 3.63) is 21.8 Å². The molecule has 2 heterocycles. The number of anilines is 1. The first-order valence-electron chi connectivity index (χ1n) is 4.83. The number of pyridine rings is 1. The molecular formula is C10H12BrClN2. The minimum Gasteiger partial charge on any atom is -0.356 e. The Morgan fingerprint density at radius 1 is 1.29 bits per heavy atom. The quantitative estimate of drug-likeness (QED) is 0.780. The van der Waals surface area contributed by atoms with Crippen LogP contribution in [0.15, 0.2) is 16.7 Å². The summed E-state index contributed by atoms with van der Waals surface area (Å²) < 4.78 is 0.993. The van der Waals surface area contributed by atoms with Crippen LogP contribution in [0.2, 0.25) is 5.02 Å². The van der Waals surface area contributed by atoms with Gasteiger partial charge in [-0.25, -0.2) is 4.98 Å². The molecule has 0 aromatic carbocycles. The van der Waals surface area contributed by atoms with E-state index in [0.29, 0.717) is 5.02 Å². The van der Waals surface area contributed by atoms with Gasteiger partial charge < -0.3 is 4.90 Å². The molecule has 1 saturated heterocycles. The maximum Gasteiger partial charge on any atom is 0.142 e. The number of hydrogen-bond donors (Lipinski definition) is 0. The highest BCUT2D eigenvalue weighted by Gasteiger charge is 2.14. The second-order valence-corrected chi connectivity index (χ2v) is 4.80. The predicted molar refractivity (Wildman–Crippen MR) is 63.0 cm³/mol. The van der Waals surface area contributed by atoms with Crippen molar-refractivity contribution in [2.45, 2.75) is 19.3 Å². The molecule has 1 aromatic rings. The van der Waals surface area contributed by atoms with Crippen LogP contribution in [0.1, 0.15) is 19.3 Å². The van der Waals surface area contributed by atoms with Gasteiger partial charge in [-0.3, -0.25) is 0 Å². The van der Waals surface area contributed by atoms with Crippen LogP contribution in [-0.2, 0) is 0 Å². The Kier molecular flexibility index (Phi) is 3.29. The van der Waals surface area contributed by atoms with Crippen molar-refractivity contribution >= 4 is 33.3 Å². The number of nitrogens with zero attached hydrogens (tertiary/aromatic N) is 2. The first-order valence-corrected chi connectivity index (χ1v) is 6.00. The smallest absolute Gasteiger partial charge is 0.142 e. The molecule has 14 heavy (non-hydrogen) atoms. The van der Waals surface area contributed by atoms with Crippen molar-refractivity contribution in [3.8, 4) is 0 Å². The van der Waals surface area contributed by atoms with Crippen LogP contribution >= 0.6 is 27.5 Å². The number of hydrogen-bond acceptors (Lipinski definition) is 2. The van der Waals surface area contributed by atoms with Crippen molar-refractivity contribution < 1.29 is 0 Å². The van der Waals surface area contributed by atoms with E-state index in [0.717, 1.165) is 23.4 Å². The van der Waals surface area contributed by atoms with E-state index < -0.39 is 0 Å². The van der Waals surface area contributed by atoms with Crippen LogP contribution in [0.3, 0.4) is 0 Å². The highest BCUT2D eigenvalue weighted by atomic mass is 79.9. The number of halogens is 2. The van der Waals surface area contributed by atoms with Crippen molar-refractivity contribution in [3.63, 3.8) is 0 Å². The van der Waals surface area contributed by atoms with Gasteiger partial charge in [-0.15, -0.1) is 0 Å². The lowest BCUT2D eigenvalue weighted by molar-refractivity contribution is 0.573. The summed E-state index contributed by atoms with van der Waals surface area (Å²) in [7, 11) is 0. The van der Waals surface area contributed by atoms with Crippen molar-refractivity contribution in [1.82, 2.24) is 4.98 Å². The van der Waals surface area contributed by atoms with Crippen LogP contribution in [0.25, 0.3) is 0 Å². The van der Waals surface area contributed by atoms with E-state index in [2.05, 4.69) is 25.8 Å². The first-order chi connectivity index (χ1) is 6.77. The molecule has 2 nitrogen and oxygen atoms in total. The van der Waals surface area contributed by atoms with Gasteiger partial charge in [0.25, 0.3) is 0 Å². The highest BCUT2D eigenvalue weighted by Crippen LogP contribution is 2.28. The van der Waals surface area contributed by atoms with Crippen molar-refractivity contribution in [2.24, 2.45) is 0 Å². The molecule has 0 bridgehead atoms. The number of piperidine rings is 1. The second kappa shape index (κ2) is 4.49. The lowest BCUT2D eigenvalue weighted by Gasteiger charge is -2.28. The fourth-order valence-corrected chi connectivity index (χ4v) is 2.64. The predicted octanol–water partition coefficient (Wildman–Crippen LogP) is 3.49. The van der Waals surface area contributed by atoms with E-state index in [4.69, 9.17) is 11.6 Å². The van der Waals surface area contributed by atoms with Gasteiger partial charge in [0.1, 0.15) is 5.82 Å². The van der Waals surface area contributed by atoms with Gasteiger partial charge in [-0.2, -0.15) is 0 Å². The van der Waals surface area contributed by atoms with Gasteiger partial charge in [0, 0.05) is 19.3 Å². The minimum absolute atomic E-state index is 0.678. The Hall–Kier alpha value is -0.280. The molecule has 1 aliphatic rings. The lowest BCUT2D eigenvalue weighted by Crippen LogP contribution is -2.30. The summed E-state index contributed by atoms with van der Waals surface area (Å²) in [5.41, 5.74) is 0. The van der Waals surface area contributed by atoms with E-state index >= 15 is 0 Å². The second-order valence-electron chi connectivity index (χ2n) is 3.51. The summed E-state index contributed by atoms with van der Waals surface area (Å²) in [6.45, 7) is 2.21. The largest absolute Gasteiger partial charge is 0.356 e. The van der Waals surface area contributed by atoms with Gasteiger partial charge in [-0.1, -0.05) is 11.6 Å². The zero-order valence-electron chi connectivity index (χ0n) is 7.84. The molecule has 0 N–H and O–H groups in total. The van der Waals surface area contributed by atoms with E-state index in [1.54, 1.807) is 6.20 Å². The fraction of sp³-hybridized carbons (Fsp3) is 0.500. The highest BCUT2D eigenvalue weighted by molar-refractivity contribution is 9.10. The standard InChI is InChI=1S/C10H12BrClN2/c11-9-6-8(12)7-13-10(9)14-4-2-1-3-5-14/h6-7H,1-5H2.